The number of anilines is 1. The second-order valence-corrected chi connectivity index (χ2v) is 7.34. The SMILES string of the molecule is COc1ccc(/C=C/C(=O)N[C@@H]2CCC[C@@H](OC(=O)Nc3ccccc3)C2)cc1OC. The predicted octanol–water partition coefficient (Wildman–Crippen LogP) is 4.39. The van der Waals surface area contributed by atoms with Gasteiger partial charge in [0.2, 0.25) is 5.91 Å². The molecule has 7 heteroatoms. The number of methoxy groups -OCH3 is 2. The zero-order valence-corrected chi connectivity index (χ0v) is 17.8. The number of benzene rings is 2. The highest BCUT2D eigenvalue weighted by Crippen LogP contribution is 2.28. The van der Waals surface area contributed by atoms with Crippen molar-refractivity contribution in [1.82, 2.24) is 5.32 Å². The van der Waals surface area contributed by atoms with Gasteiger partial charge in [0.1, 0.15) is 6.10 Å². The molecular formula is C24H28N2O5. The molecule has 1 fully saturated rings. The van der Waals surface area contributed by atoms with Gasteiger partial charge in [0.15, 0.2) is 11.5 Å². The number of hydrogen-bond donors (Lipinski definition) is 2. The number of rotatable bonds is 7. The van der Waals surface area contributed by atoms with Crippen molar-refractivity contribution in [2.24, 2.45) is 0 Å². The largest absolute Gasteiger partial charge is 0.493 e. The van der Waals surface area contributed by atoms with Crippen LogP contribution in [0.4, 0.5) is 10.5 Å². The van der Waals surface area contributed by atoms with Gasteiger partial charge in [-0.25, -0.2) is 4.79 Å². The minimum atomic E-state index is -0.475. The Bertz CT molecular complexity index is 913. The molecule has 0 unspecified atom stereocenters. The van der Waals surface area contributed by atoms with E-state index in [0.717, 1.165) is 24.8 Å². The van der Waals surface area contributed by atoms with Crippen molar-refractivity contribution in [2.45, 2.75) is 37.8 Å². The van der Waals surface area contributed by atoms with Crippen molar-refractivity contribution >= 4 is 23.8 Å². The highest BCUT2D eigenvalue weighted by atomic mass is 16.6. The number of amides is 2. The van der Waals surface area contributed by atoms with Crippen LogP contribution in [0.15, 0.2) is 54.6 Å². The number of para-hydroxylation sites is 1. The van der Waals surface area contributed by atoms with Crippen LogP contribution in [0.1, 0.15) is 31.2 Å². The van der Waals surface area contributed by atoms with E-state index in [1.807, 2.05) is 24.3 Å². The minimum absolute atomic E-state index is 0.0363. The maximum atomic E-state index is 12.4. The summed E-state index contributed by atoms with van der Waals surface area (Å²) in [6, 6.07) is 14.6. The molecule has 0 heterocycles. The lowest BCUT2D eigenvalue weighted by Gasteiger charge is -2.29. The summed E-state index contributed by atoms with van der Waals surface area (Å²) in [5, 5.41) is 5.72. The first-order chi connectivity index (χ1) is 15.1. The van der Waals surface area contributed by atoms with Gasteiger partial charge in [-0.1, -0.05) is 24.3 Å². The molecule has 1 saturated carbocycles. The zero-order chi connectivity index (χ0) is 22.1. The Morgan fingerprint density at radius 1 is 1.00 bits per heavy atom. The average molecular weight is 424 g/mol. The van der Waals surface area contributed by atoms with Gasteiger partial charge in [-0.05, 0) is 55.2 Å². The number of carbonyl (C=O) groups is 2. The Hall–Kier alpha value is -3.48. The molecule has 0 bridgehead atoms. The smallest absolute Gasteiger partial charge is 0.411 e. The molecule has 2 aromatic carbocycles. The summed E-state index contributed by atoms with van der Waals surface area (Å²) in [5.74, 6) is 1.05. The molecule has 31 heavy (non-hydrogen) atoms. The van der Waals surface area contributed by atoms with Crippen molar-refractivity contribution in [2.75, 3.05) is 19.5 Å². The fourth-order valence-electron chi connectivity index (χ4n) is 3.58. The van der Waals surface area contributed by atoms with Crippen LogP contribution < -0.4 is 20.1 Å². The minimum Gasteiger partial charge on any atom is -0.493 e. The zero-order valence-electron chi connectivity index (χ0n) is 17.8. The van der Waals surface area contributed by atoms with E-state index < -0.39 is 6.09 Å². The molecule has 0 saturated heterocycles. The van der Waals surface area contributed by atoms with Crippen LogP contribution in [0.3, 0.4) is 0 Å². The van der Waals surface area contributed by atoms with Crippen molar-refractivity contribution in [1.29, 1.82) is 0 Å². The standard InChI is InChI=1S/C24H28N2O5/c1-29-21-13-11-17(15-22(21)30-2)12-14-23(27)25-19-9-6-10-20(16-19)31-24(28)26-18-7-4-3-5-8-18/h3-5,7-8,11-15,19-20H,6,9-10,16H2,1-2H3,(H,25,27)(H,26,28)/b14-12+/t19-,20-/m1/s1. The molecule has 7 nitrogen and oxygen atoms in total. The third-order valence-electron chi connectivity index (χ3n) is 5.10. The molecule has 2 N–H and O–H groups in total. The Morgan fingerprint density at radius 3 is 2.52 bits per heavy atom. The van der Waals surface area contributed by atoms with Crippen LogP contribution in [0, 0.1) is 0 Å². The van der Waals surface area contributed by atoms with Crippen molar-refractivity contribution in [3.63, 3.8) is 0 Å². The van der Waals surface area contributed by atoms with E-state index in [1.54, 1.807) is 44.6 Å². The Kier molecular flexibility index (Phi) is 7.92. The van der Waals surface area contributed by atoms with Gasteiger partial charge in [-0.3, -0.25) is 10.1 Å². The summed E-state index contributed by atoms with van der Waals surface area (Å²) < 4.78 is 16.0. The van der Waals surface area contributed by atoms with Crippen molar-refractivity contribution < 1.29 is 23.8 Å². The predicted molar refractivity (Wildman–Crippen MR) is 119 cm³/mol. The van der Waals surface area contributed by atoms with E-state index in [0.29, 0.717) is 23.6 Å². The first kappa shape index (κ1) is 22.2. The summed E-state index contributed by atoms with van der Waals surface area (Å²) in [6.07, 6.45) is 5.64. The lowest BCUT2D eigenvalue weighted by atomic mass is 9.93. The fourth-order valence-corrected chi connectivity index (χ4v) is 3.58. The van der Waals surface area contributed by atoms with Gasteiger partial charge >= 0.3 is 6.09 Å². The summed E-state index contributed by atoms with van der Waals surface area (Å²) in [4.78, 5) is 24.5. The van der Waals surface area contributed by atoms with Crippen molar-refractivity contribution in [3.8, 4) is 11.5 Å². The lowest BCUT2D eigenvalue weighted by Crippen LogP contribution is -2.40. The van der Waals surface area contributed by atoms with E-state index in [9.17, 15) is 9.59 Å². The number of carbonyl (C=O) groups excluding carboxylic acids is 2. The molecular weight excluding hydrogens is 396 g/mol. The topological polar surface area (TPSA) is 85.9 Å². The second-order valence-electron chi connectivity index (χ2n) is 7.34. The lowest BCUT2D eigenvalue weighted by molar-refractivity contribution is -0.117. The van der Waals surface area contributed by atoms with Crippen LogP contribution in [0.2, 0.25) is 0 Å². The Morgan fingerprint density at radius 2 is 1.77 bits per heavy atom. The molecule has 1 aliphatic carbocycles. The first-order valence-corrected chi connectivity index (χ1v) is 10.3. The molecule has 0 aromatic heterocycles. The fraction of sp³-hybridized carbons (Fsp3) is 0.333. The van der Waals surface area contributed by atoms with E-state index in [-0.39, 0.29) is 18.1 Å². The third-order valence-corrected chi connectivity index (χ3v) is 5.10. The molecule has 2 aromatic rings. The van der Waals surface area contributed by atoms with Gasteiger partial charge in [0.25, 0.3) is 0 Å². The second kappa shape index (κ2) is 11.1. The van der Waals surface area contributed by atoms with Crippen molar-refractivity contribution in [3.05, 3.63) is 60.2 Å². The highest BCUT2D eigenvalue weighted by molar-refractivity contribution is 5.92. The number of nitrogens with one attached hydrogen (secondary N) is 2. The van der Waals surface area contributed by atoms with E-state index >= 15 is 0 Å². The number of ether oxygens (including phenoxy) is 3. The van der Waals surface area contributed by atoms with E-state index in [4.69, 9.17) is 14.2 Å². The maximum absolute atomic E-state index is 12.4. The van der Waals surface area contributed by atoms with Gasteiger partial charge in [0, 0.05) is 24.2 Å². The van der Waals surface area contributed by atoms with Gasteiger partial charge in [-0.2, -0.15) is 0 Å². The van der Waals surface area contributed by atoms with Crippen LogP contribution in [-0.2, 0) is 9.53 Å². The highest BCUT2D eigenvalue weighted by Gasteiger charge is 2.25. The normalized spacial score (nSPS) is 18.3. The number of hydrogen-bond acceptors (Lipinski definition) is 5. The van der Waals surface area contributed by atoms with Crippen LogP contribution in [0.25, 0.3) is 6.08 Å². The Labute approximate surface area is 182 Å². The van der Waals surface area contributed by atoms with Gasteiger partial charge in [-0.15, -0.1) is 0 Å². The summed E-state index contributed by atoms with van der Waals surface area (Å²) >= 11 is 0. The molecule has 0 radical (unpaired) electrons. The maximum Gasteiger partial charge on any atom is 0.411 e. The quantitative estimate of drug-likeness (QED) is 0.644. The first-order valence-electron chi connectivity index (χ1n) is 10.3. The van der Waals surface area contributed by atoms with Crippen LogP contribution in [0.5, 0.6) is 11.5 Å². The molecule has 2 atom stereocenters. The van der Waals surface area contributed by atoms with Gasteiger partial charge in [0.05, 0.1) is 14.2 Å². The molecule has 3 rings (SSSR count). The average Bonchev–Trinajstić information content (AvgIpc) is 2.78. The molecule has 0 spiro atoms. The van der Waals surface area contributed by atoms with Crippen LogP contribution >= 0.6 is 0 Å². The molecule has 164 valence electrons. The van der Waals surface area contributed by atoms with E-state index in [1.165, 1.54) is 6.08 Å². The molecule has 1 aliphatic rings. The Balaban J connectivity index is 1.48. The van der Waals surface area contributed by atoms with Crippen LogP contribution in [-0.4, -0.2) is 38.4 Å². The van der Waals surface area contributed by atoms with Gasteiger partial charge < -0.3 is 19.5 Å². The summed E-state index contributed by atoms with van der Waals surface area (Å²) in [7, 11) is 3.15. The van der Waals surface area contributed by atoms with E-state index in [2.05, 4.69) is 10.6 Å². The monoisotopic (exact) mass is 424 g/mol. The third kappa shape index (κ3) is 6.77. The molecule has 2 amide bonds. The summed E-state index contributed by atoms with van der Waals surface area (Å²) in [6.45, 7) is 0. The summed E-state index contributed by atoms with van der Waals surface area (Å²) in [5.41, 5.74) is 1.52. The molecule has 0 aliphatic heterocycles.